The quantitative estimate of drug-likeness (QED) is 0.369. The third kappa shape index (κ3) is 5.23. The number of amides is 2. The van der Waals surface area contributed by atoms with E-state index < -0.39 is 29.3 Å². The molecule has 2 amide bonds. The maximum absolute atomic E-state index is 13.3. The highest BCUT2D eigenvalue weighted by molar-refractivity contribution is 7.19. The van der Waals surface area contributed by atoms with Crippen LogP contribution in [0.2, 0.25) is 0 Å². The van der Waals surface area contributed by atoms with Crippen LogP contribution in [0.3, 0.4) is 0 Å². The first-order chi connectivity index (χ1) is 17.7. The number of aryl methyl sites for hydroxylation is 1. The van der Waals surface area contributed by atoms with E-state index >= 15 is 0 Å². The van der Waals surface area contributed by atoms with E-state index in [-0.39, 0.29) is 21.1 Å². The molecular formula is C25H20N4O7S. The Morgan fingerprint density at radius 3 is 1.78 bits per heavy atom. The van der Waals surface area contributed by atoms with Gasteiger partial charge in [0, 0.05) is 23.1 Å². The number of benzene rings is 2. The largest absolute Gasteiger partial charge is 0.465 e. The van der Waals surface area contributed by atoms with Gasteiger partial charge in [0.25, 0.3) is 17.4 Å². The monoisotopic (exact) mass is 520 g/mol. The van der Waals surface area contributed by atoms with Crippen molar-refractivity contribution in [3.8, 4) is 0 Å². The third-order valence-corrected chi connectivity index (χ3v) is 6.24. The van der Waals surface area contributed by atoms with Gasteiger partial charge in [-0.25, -0.2) is 19.0 Å². The average Bonchev–Trinajstić information content (AvgIpc) is 3.28. The van der Waals surface area contributed by atoms with E-state index in [0.717, 1.165) is 15.7 Å². The summed E-state index contributed by atoms with van der Waals surface area (Å²) < 4.78 is 10.4. The Morgan fingerprint density at radius 1 is 0.811 bits per heavy atom. The lowest BCUT2D eigenvalue weighted by Gasteiger charge is -2.09. The minimum atomic E-state index is -0.726. The van der Waals surface area contributed by atoms with Gasteiger partial charge in [-0.15, -0.1) is 0 Å². The number of hydrogen-bond donors (Lipinski definition) is 2. The van der Waals surface area contributed by atoms with Crippen molar-refractivity contribution < 1.29 is 28.7 Å². The summed E-state index contributed by atoms with van der Waals surface area (Å²) >= 11 is 0.883. The number of carbonyl (C=O) groups excluding carboxylic acids is 4. The third-order valence-electron chi connectivity index (χ3n) is 5.20. The Kier molecular flexibility index (Phi) is 7.11. The van der Waals surface area contributed by atoms with Crippen LogP contribution >= 0.6 is 11.3 Å². The fraction of sp³-hybridized carbons (Fsp3) is 0.120. The fourth-order valence-corrected chi connectivity index (χ4v) is 4.51. The van der Waals surface area contributed by atoms with Crippen LogP contribution in [0.25, 0.3) is 4.96 Å². The van der Waals surface area contributed by atoms with Gasteiger partial charge in [-0.1, -0.05) is 11.3 Å². The molecule has 0 bridgehead atoms. The molecule has 0 spiro atoms. The van der Waals surface area contributed by atoms with E-state index in [1.807, 2.05) is 0 Å². The molecule has 4 aromatic rings. The molecule has 0 aliphatic rings. The van der Waals surface area contributed by atoms with Crippen LogP contribution in [0, 0.1) is 6.92 Å². The number of thiazole rings is 1. The van der Waals surface area contributed by atoms with Crippen molar-refractivity contribution in [2.24, 2.45) is 0 Å². The number of ether oxygens (including phenoxy) is 2. The highest BCUT2D eigenvalue weighted by Gasteiger charge is 2.26. The molecule has 0 unspecified atom stereocenters. The van der Waals surface area contributed by atoms with E-state index in [9.17, 15) is 24.0 Å². The Balaban J connectivity index is 1.69. The number of carbonyl (C=O) groups is 4. The lowest BCUT2D eigenvalue weighted by atomic mass is 10.2. The Hall–Kier alpha value is -4.84. The summed E-state index contributed by atoms with van der Waals surface area (Å²) in [5, 5.41) is 5.31. The van der Waals surface area contributed by atoms with Crippen LogP contribution in [0.15, 0.2) is 59.4 Å². The van der Waals surface area contributed by atoms with Crippen molar-refractivity contribution in [1.29, 1.82) is 0 Å². The molecule has 0 aliphatic carbocycles. The summed E-state index contributed by atoms with van der Waals surface area (Å²) in [6, 6.07) is 13.2. The van der Waals surface area contributed by atoms with E-state index in [2.05, 4.69) is 25.1 Å². The van der Waals surface area contributed by atoms with Gasteiger partial charge in [0.05, 0.1) is 25.3 Å². The fourth-order valence-electron chi connectivity index (χ4n) is 3.44. The van der Waals surface area contributed by atoms with E-state index in [1.165, 1.54) is 68.8 Å². The predicted molar refractivity (Wildman–Crippen MR) is 136 cm³/mol. The number of hydrogen-bond acceptors (Lipinski definition) is 9. The Labute approximate surface area is 213 Å². The molecule has 0 radical (unpaired) electrons. The van der Waals surface area contributed by atoms with Crippen LogP contribution in [0.4, 0.5) is 11.4 Å². The molecule has 12 heteroatoms. The van der Waals surface area contributed by atoms with E-state index in [0.29, 0.717) is 22.6 Å². The molecule has 4 rings (SSSR count). The first-order valence-electron chi connectivity index (χ1n) is 10.7. The van der Waals surface area contributed by atoms with Crippen molar-refractivity contribution in [2.75, 3.05) is 24.9 Å². The second-order valence-corrected chi connectivity index (χ2v) is 8.66. The molecule has 11 nitrogen and oxygen atoms in total. The molecule has 0 saturated heterocycles. The molecule has 2 aromatic carbocycles. The van der Waals surface area contributed by atoms with Crippen LogP contribution in [-0.2, 0) is 9.47 Å². The Morgan fingerprint density at radius 2 is 1.30 bits per heavy atom. The molecule has 188 valence electrons. The number of esters is 2. The number of methoxy groups -OCH3 is 2. The summed E-state index contributed by atoms with van der Waals surface area (Å²) in [7, 11) is 2.52. The Bertz CT molecular complexity index is 1590. The highest BCUT2D eigenvalue weighted by atomic mass is 32.1. The number of nitrogens with zero attached hydrogens (tertiary/aromatic N) is 2. The van der Waals surface area contributed by atoms with Gasteiger partial charge in [0.1, 0.15) is 10.6 Å². The van der Waals surface area contributed by atoms with Crippen LogP contribution in [0.5, 0.6) is 0 Å². The van der Waals surface area contributed by atoms with Gasteiger partial charge < -0.3 is 20.1 Å². The van der Waals surface area contributed by atoms with Crippen molar-refractivity contribution in [3.63, 3.8) is 0 Å². The number of nitrogens with one attached hydrogen (secondary N) is 2. The van der Waals surface area contributed by atoms with Crippen molar-refractivity contribution in [2.45, 2.75) is 6.92 Å². The summed E-state index contributed by atoms with van der Waals surface area (Å²) in [6.07, 6.45) is 0. The highest BCUT2D eigenvalue weighted by Crippen LogP contribution is 2.24. The minimum absolute atomic E-state index is 0.0454. The topological polar surface area (TPSA) is 145 Å². The van der Waals surface area contributed by atoms with Crippen LogP contribution < -0.4 is 16.2 Å². The second kappa shape index (κ2) is 10.4. The zero-order valence-electron chi connectivity index (χ0n) is 19.9. The zero-order chi connectivity index (χ0) is 26.7. The number of aromatic nitrogens is 2. The zero-order valence-corrected chi connectivity index (χ0v) is 20.7. The number of anilines is 2. The number of rotatable bonds is 6. The molecule has 0 fully saturated rings. The molecular weight excluding hydrogens is 500 g/mol. The average molecular weight is 521 g/mol. The van der Waals surface area contributed by atoms with Crippen LogP contribution in [0.1, 0.15) is 46.6 Å². The molecule has 0 atom stereocenters. The van der Waals surface area contributed by atoms with E-state index in [4.69, 9.17) is 0 Å². The molecule has 2 heterocycles. The van der Waals surface area contributed by atoms with Crippen molar-refractivity contribution >= 4 is 51.4 Å². The van der Waals surface area contributed by atoms with Gasteiger partial charge in [0.15, 0.2) is 4.96 Å². The molecule has 37 heavy (non-hydrogen) atoms. The van der Waals surface area contributed by atoms with Gasteiger partial charge >= 0.3 is 11.9 Å². The van der Waals surface area contributed by atoms with E-state index in [1.54, 1.807) is 6.92 Å². The molecule has 0 saturated carbocycles. The maximum Gasteiger partial charge on any atom is 0.337 e. The summed E-state index contributed by atoms with van der Waals surface area (Å²) in [5.74, 6) is -2.43. The molecule has 0 aliphatic heterocycles. The molecule has 2 aromatic heterocycles. The van der Waals surface area contributed by atoms with Gasteiger partial charge in [0.2, 0.25) is 0 Å². The van der Waals surface area contributed by atoms with Gasteiger partial charge in [-0.2, -0.15) is 0 Å². The van der Waals surface area contributed by atoms with Crippen molar-refractivity contribution in [1.82, 2.24) is 9.38 Å². The lowest BCUT2D eigenvalue weighted by molar-refractivity contribution is 0.0592. The van der Waals surface area contributed by atoms with Crippen molar-refractivity contribution in [3.05, 3.63) is 92.3 Å². The first-order valence-corrected chi connectivity index (χ1v) is 11.6. The van der Waals surface area contributed by atoms with Gasteiger partial charge in [-0.3, -0.25) is 14.4 Å². The maximum atomic E-state index is 13.3. The second-order valence-electron chi connectivity index (χ2n) is 7.68. The molecule has 2 N–H and O–H groups in total. The smallest absolute Gasteiger partial charge is 0.337 e. The van der Waals surface area contributed by atoms with Crippen LogP contribution in [-0.4, -0.2) is 47.4 Å². The van der Waals surface area contributed by atoms with Gasteiger partial charge in [-0.05, 0) is 55.5 Å². The summed E-state index contributed by atoms with van der Waals surface area (Å²) in [5.41, 5.74) is 0.986. The summed E-state index contributed by atoms with van der Waals surface area (Å²) in [6.45, 7) is 1.63. The SMILES string of the molecule is COC(=O)c1ccc(NC(=O)c2sc3nc(C)cc(=O)n3c2C(=O)Nc2ccc(C(=O)OC)cc2)cc1. The minimum Gasteiger partial charge on any atom is -0.465 e. The standard InChI is InChI=1S/C25H20N4O7S/c1-13-12-18(30)29-19(21(31)27-16-8-4-14(5-9-16)23(33)35-2)20(37-25(29)26-13)22(32)28-17-10-6-15(7-11-17)24(34)36-3/h4-12H,1-3H3,(H,27,31)(H,28,32). The lowest BCUT2D eigenvalue weighted by Crippen LogP contribution is -2.25. The first kappa shape index (κ1) is 25.3. The summed E-state index contributed by atoms with van der Waals surface area (Å²) in [4.78, 5) is 67.0. The normalized spacial score (nSPS) is 10.6. The predicted octanol–water partition coefficient (Wildman–Crippen LogP) is 3.14. The number of fused-ring (bicyclic) bond motifs is 1.